The van der Waals surface area contributed by atoms with Crippen molar-refractivity contribution in [2.75, 3.05) is 29.8 Å². The minimum atomic E-state index is -0.444. The van der Waals surface area contributed by atoms with Crippen molar-refractivity contribution in [2.45, 2.75) is 5.92 Å². The maximum absolute atomic E-state index is 13.7. The summed E-state index contributed by atoms with van der Waals surface area (Å²) in [4.78, 5) is 35.1. The lowest BCUT2D eigenvalue weighted by Crippen LogP contribution is -2.30. The van der Waals surface area contributed by atoms with E-state index in [1.54, 1.807) is 43.5 Å². The molecule has 5 aromatic rings. The lowest BCUT2D eigenvalue weighted by Gasteiger charge is -2.18. The number of aromatic hydroxyl groups is 1. The van der Waals surface area contributed by atoms with E-state index in [4.69, 9.17) is 16.3 Å². The van der Waals surface area contributed by atoms with E-state index in [9.17, 15) is 14.7 Å². The van der Waals surface area contributed by atoms with E-state index >= 15 is 0 Å². The van der Waals surface area contributed by atoms with Crippen LogP contribution in [0.4, 0.5) is 11.5 Å². The second kappa shape index (κ2) is 9.03. The predicted octanol–water partition coefficient (Wildman–Crippen LogP) is 3.79. The molecular weight excluding hydrogens is 510 g/mol. The molecule has 0 aliphatic carbocycles. The van der Waals surface area contributed by atoms with E-state index in [-0.39, 0.29) is 23.3 Å². The molecule has 0 saturated carbocycles. The van der Waals surface area contributed by atoms with Gasteiger partial charge in [0.25, 0.3) is 11.8 Å². The number of carbonyl (C=O) groups excluding carboxylic acids is 2. The molecule has 3 N–H and O–H groups in total. The number of methoxy groups -OCH3 is 1. The van der Waals surface area contributed by atoms with E-state index in [2.05, 4.69) is 25.6 Å². The number of nitrogens with one attached hydrogen (secondary N) is 2. The molecule has 4 heterocycles. The summed E-state index contributed by atoms with van der Waals surface area (Å²) >= 11 is 6.35. The number of nitrogens with zero attached hydrogens (tertiary/aromatic N) is 5. The molecule has 6 rings (SSSR count). The quantitative estimate of drug-likeness (QED) is 0.293. The maximum Gasteiger partial charge on any atom is 0.278 e. The minimum absolute atomic E-state index is 0.0509. The molecule has 12 heteroatoms. The normalized spacial score (nSPS) is 14.7. The molecule has 38 heavy (non-hydrogen) atoms. The Morgan fingerprint density at radius 2 is 2.13 bits per heavy atom. The van der Waals surface area contributed by atoms with Gasteiger partial charge < -0.3 is 25.0 Å². The number of rotatable bonds is 5. The van der Waals surface area contributed by atoms with Crippen LogP contribution in [0.2, 0.25) is 0 Å². The third kappa shape index (κ3) is 3.79. The van der Waals surface area contributed by atoms with Crippen molar-refractivity contribution in [3.05, 3.63) is 65.7 Å². The third-order valence-corrected chi connectivity index (χ3v) is 7.06. The molecule has 0 radical (unpaired) electrons. The SMILES string of the molecule is COc1cccc2c(O)cc3c(c12)[C@H](CCl)CN3C(=O)c1cc2cc(NC(=O)c3cn(C)nn3)ncc2[nH]1. The van der Waals surface area contributed by atoms with Gasteiger partial charge in [-0.1, -0.05) is 17.3 Å². The average Bonchev–Trinajstić information content (AvgIpc) is 3.64. The highest BCUT2D eigenvalue weighted by Gasteiger charge is 2.36. The standard InChI is InChI=1S/C26H22ClN7O4/c1-33-12-18(31-32-33)25(36)30-22-7-13-6-16(29-17(13)10-28-22)26(37)34-11-14(9-27)23-19(34)8-20(35)15-4-3-5-21(38-2)24(15)23/h3-8,10,12,14,29,35H,9,11H2,1-2H3,(H,28,30,36)/t14-/m1/s1. The number of alkyl halides is 1. The van der Waals surface area contributed by atoms with Gasteiger partial charge in [-0.25, -0.2) is 4.98 Å². The van der Waals surface area contributed by atoms with Crippen molar-refractivity contribution < 1.29 is 19.4 Å². The smallest absolute Gasteiger partial charge is 0.278 e. The van der Waals surface area contributed by atoms with Gasteiger partial charge in [0.2, 0.25) is 0 Å². The number of anilines is 2. The van der Waals surface area contributed by atoms with Gasteiger partial charge in [-0.3, -0.25) is 14.3 Å². The molecule has 0 unspecified atom stereocenters. The van der Waals surface area contributed by atoms with Crippen molar-refractivity contribution in [3.8, 4) is 11.5 Å². The van der Waals surface area contributed by atoms with Gasteiger partial charge >= 0.3 is 0 Å². The number of hydrogen-bond donors (Lipinski definition) is 3. The number of aryl methyl sites for hydroxylation is 1. The number of aromatic nitrogens is 5. The first kappa shape index (κ1) is 23.7. The molecule has 11 nitrogen and oxygen atoms in total. The second-order valence-corrected chi connectivity index (χ2v) is 9.36. The van der Waals surface area contributed by atoms with E-state index in [0.29, 0.717) is 51.7 Å². The molecule has 0 bridgehead atoms. The van der Waals surface area contributed by atoms with Crippen LogP contribution in [0, 0.1) is 0 Å². The molecule has 2 amide bonds. The maximum atomic E-state index is 13.7. The van der Waals surface area contributed by atoms with Crippen LogP contribution in [0.1, 0.15) is 32.5 Å². The van der Waals surface area contributed by atoms with Crippen LogP contribution in [0.5, 0.6) is 11.5 Å². The molecule has 3 aromatic heterocycles. The summed E-state index contributed by atoms with van der Waals surface area (Å²) < 4.78 is 7.01. The van der Waals surface area contributed by atoms with E-state index in [0.717, 1.165) is 10.9 Å². The second-order valence-electron chi connectivity index (χ2n) is 9.05. The van der Waals surface area contributed by atoms with E-state index < -0.39 is 5.91 Å². The molecule has 1 atom stereocenters. The molecule has 0 fully saturated rings. The Balaban J connectivity index is 1.35. The topological polar surface area (TPSA) is 138 Å². The Bertz CT molecular complexity index is 1740. The minimum Gasteiger partial charge on any atom is -0.507 e. The molecule has 0 spiro atoms. The van der Waals surface area contributed by atoms with E-state index in [1.165, 1.54) is 10.9 Å². The van der Waals surface area contributed by atoms with Crippen LogP contribution >= 0.6 is 11.6 Å². The van der Waals surface area contributed by atoms with Gasteiger partial charge in [-0.2, -0.15) is 0 Å². The number of benzene rings is 2. The number of pyridine rings is 1. The van der Waals surface area contributed by atoms with Crippen molar-refractivity contribution >= 4 is 56.6 Å². The molecule has 192 valence electrons. The van der Waals surface area contributed by atoms with Crippen molar-refractivity contribution in [3.63, 3.8) is 0 Å². The van der Waals surface area contributed by atoms with Crippen molar-refractivity contribution in [2.24, 2.45) is 7.05 Å². The summed E-state index contributed by atoms with van der Waals surface area (Å²) in [6.45, 7) is 0.349. The summed E-state index contributed by atoms with van der Waals surface area (Å²) in [5, 5.41) is 23.1. The van der Waals surface area contributed by atoms with Crippen LogP contribution < -0.4 is 15.0 Å². The number of carbonyl (C=O) groups is 2. The largest absolute Gasteiger partial charge is 0.507 e. The lowest BCUT2D eigenvalue weighted by atomic mass is 9.94. The summed E-state index contributed by atoms with van der Waals surface area (Å²) in [6, 6.07) is 10.4. The van der Waals surface area contributed by atoms with Crippen LogP contribution in [-0.2, 0) is 7.05 Å². The lowest BCUT2D eigenvalue weighted by molar-refractivity contribution is 0.0982. The number of phenols is 1. The first-order valence-electron chi connectivity index (χ1n) is 11.7. The molecule has 1 aliphatic heterocycles. The van der Waals surface area contributed by atoms with Crippen molar-refractivity contribution in [1.82, 2.24) is 25.0 Å². The van der Waals surface area contributed by atoms with Gasteiger partial charge in [-0.05, 0) is 23.8 Å². The summed E-state index contributed by atoms with van der Waals surface area (Å²) in [5.41, 5.74) is 2.57. The summed E-state index contributed by atoms with van der Waals surface area (Å²) in [5.74, 6) is 0.378. The number of phenolic OH excluding ortho intramolecular Hbond substituents is 1. The molecular formula is C26H22ClN7O4. The van der Waals surface area contributed by atoms with Gasteiger partial charge in [0.05, 0.1) is 30.7 Å². The number of H-pyrrole nitrogens is 1. The zero-order chi connectivity index (χ0) is 26.6. The molecule has 2 aromatic carbocycles. The zero-order valence-electron chi connectivity index (χ0n) is 20.4. The monoisotopic (exact) mass is 531 g/mol. The Morgan fingerprint density at radius 1 is 1.29 bits per heavy atom. The molecule has 1 aliphatic rings. The summed E-state index contributed by atoms with van der Waals surface area (Å²) in [6.07, 6.45) is 3.04. The van der Waals surface area contributed by atoms with Crippen LogP contribution in [0.25, 0.3) is 21.7 Å². The number of hydrogen-bond acceptors (Lipinski definition) is 7. The van der Waals surface area contributed by atoms with Crippen LogP contribution in [-0.4, -0.2) is 61.4 Å². The highest BCUT2D eigenvalue weighted by Crippen LogP contribution is 2.48. The predicted molar refractivity (Wildman–Crippen MR) is 142 cm³/mol. The van der Waals surface area contributed by atoms with Crippen molar-refractivity contribution in [1.29, 1.82) is 0 Å². The Kier molecular flexibility index (Phi) is 5.64. The first-order valence-corrected chi connectivity index (χ1v) is 12.3. The first-order chi connectivity index (χ1) is 18.4. The third-order valence-electron chi connectivity index (χ3n) is 6.69. The average molecular weight is 532 g/mol. The number of amides is 2. The highest BCUT2D eigenvalue weighted by molar-refractivity contribution is 6.19. The van der Waals surface area contributed by atoms with Gasteiger partial charge in [0.15, 0.2) is 5.69 Å². The Morgan fingerprint density at radius 3 is 2.87 bits per heavy atom. The fraction of sp³-hybridized carbons (Fsp3) is 0.192. The fourth-order valence-corrected chi connectivity index (χ4v) is 5.21. The number of fused-ring (bicyclic) bond motifs is 4. The van der Waals surface area contributed by atoms with Gasteiger partial charge in [0.1, 0.15) is 23.0 Å². The van der Waals surface area contributed by atoms with E-state index in [1.807, 2.05) is 18.2 Å². The van der Waals surface area contributed by atoms with Crippen LogP contribution in [0.15, 0.2) is 48.8 Å². The van der Waals surface area contributed by atoms with Crippen LogP contribution in [0.3, 0.4) is 0 Å². The number of ether oxygens (including phenoxy) is 1. The van der Waals surface area contributed by atoms with Gasteiger partial charge in [0, 0.05) is 47.6 Å². The fourth-order valence-electron chi connectivity index (χ4n) is 4.96. The number of halogens is 1. The van der Waals surface area contributed by atoms with Gasteiger partial charge in [-0.15, -0.1) is 16.7 Å². The summed E-state index contributed by atoms with van der Waals surface area (Å²) in [7, 11) is 3.24. The number of aromatic amines is 1. The molecule has 0 saturated heterocycles. The highest BCUT2D eigenvalue weighted by atomic mass is 35.5. The Labute approximate surface area is 221 Å². The Hall–Kier alpha value is -4.64. The zero-order valence-corrected chi connectivity index (χ0v) is 21.2.